The first kappa shape index (κ1) is 14.9. The van der Waals surface area contributed by atoms with Crippen LogP contribution < -0.4 is 5.73 Å². The summed E-state index contributed by atoms with van der Waals surface area (Å²) in [7, 11) is 1.77. The lowest BCUT2D eigenvalue weighted by molar-refractivity contribution is 0.0762. The zero-order valence-electron chi connectivity index (χ0n) is 12.2. The third-order valence-corrected chi connectivity index (χ3v) is 4.31. The van der Waals surface area contributed by atoms with Crippen molar-refractivity contribution < 1.29 is 4.74 Å². The number of hydrogen-bond donors (Lipinski definition) is 1. The fourth-order valence-corrected chi connectivity index (χ4v) is 2.18. The lowest BCUT2D eigenvalue weighted by atomic mass is 9.85. The first-order valence-corrected chi connectivity index (χ1v) is 6.87. The molecule has 17 heavy (non-hydrogen) atoms. The Morgan fingerprint density at radius 2 is 1.94 bits per heavy atom. The Hall–Kier alpha value is -0.120. The molecule has 2 atom stereocenters. The second-order valence-corrected chi connectivity index (χ2v) is 6.32. The fourth-order valence-electron chi connectivity index (χ4n) is 2.18. The Morgan fingerprint density at radius 3 is 2.35 bits per heavy atom. The van der Waals surface area contributed by atoms with Crippen molar-refractivity contribution in [3.05, 3.63) is 0 Å². The number of hydrogen-bond acceptors (Lipinski definition) is 3. The first-order valence-electron chi connectivity index (χ1n) is 6.87. The molecule has 0 saturated heterocycles. The van der Waals surface area contributed by atoms with Gasteiger partial charge in [-0.15, -0.1) is 0 Å². The zero-order chi connectivity index (χ0) is 13.1. The van der Waals surface area contributed by atoms with Crippen molar-refractivity contribution in [2.24, 2.45) is 17.1 Å². The number of methoxy groups -OCH3 is 1. The molecule has 1 fully saturated rings. The Bertz CT molecular complexity index is 224. The second-order valence-electron chi connectivity index (χ2n) is 6.32. The predicted molar refractivity (Wildman–Crippen MR) is 73.1 cm³/mol. The molecule has 2 unspecified atom stereocenters. The quantitative estimate of drug-likeness (QED) is 0.708. The molecular formula is C14H30N2O. The minimum atomic E-state index is 0.164. The van der Waals surface area contributed by atoms with E-state index in [0.29, 0.717) is 6.04 Å². The topological polar surface area (TPSA) is 38.5 Å². The van der Waals surface area contributed by atoms with Crippen LogP contribution in [-0.2, 0) is 4.74 Å². The molecule has 0 aromatic carbocycles. The van der Waals surface area contributed by atoms with Crippen molar-refractivity contribution in [1.82, 2.24) is 4.90 Å². The highest BCUT2D eigenvalue weighted by atomic mass is 16.5. The molecule has 0 aromatic heterocycles. The van der Waals surface area contributed by atoms with E-state index in [1.54, 1.807) is 7.11 Å². The average Bonchev–Trinajstić information content (AvgIpc) is 3.06. The SMILES string of the molecule is COCCN(CC(C)(C)C(C)N)C(C)C1CC1. The average molecular weight is 242 g/mol. The Morgan fingerprint density at radius 1 is 1.35 bits per heavy atom. The number of nitrogens with zero attached hydrogens (tertiary/aromatic N) is 1. The zero-order valence-corrected chi connectivity index (χ0v) is 12.2. The van der Waals surface area contributed by atoms with Crippen molar-refractivity contribution in [3.63, 3.8) is 0 Å². The van der Waals surface area contributed by atoms with Gasteiger partial charge in [0.05, 0.1) is 6.61 Å². The van der Waals surface area contributed by atoms with Crippen LogP contribution in [0.4, 0.5) is 0 Å². The highest BCUT2D eigenvalue weighted by molar-refractivity contribution is 4.89. The maximum Gasteiger partial charge on any atom is 0.0589 e. The molecule has 1 saturated carbocycles. The molecule has 0 aromatic rings. The molecule has 102 valence electrons. The van der Waals surface area contributed by atoms with Gasteiger partial charge in [-0.05, 0) is 38.0 Å². The summed E-state index contributed by atoms with van der Waals surface area (Å²) in [5.41, 5.74) is 6.24. The highest BCUT2D eigenvalue weighted by Crippen LogP contribution is 2.36. The van der Waals surface area contributed by atoms with Crippen LogP contribution in [0.1, 0.15) is 40.5 Å². The van der Waals surface area contributed by atoms with E-state index in [9.17, 15) is 0 Å². The molecule has 1 aliphatic rings. The molecule has 1 rings (SSSR count). The first-order chi connectivity index (χ1) is 7.88. The molecule has 0 spiro atoms. The summed E-state index contributed by atoms with van der Waals surface area (Å²) in [6.07, 6.45) is 2.78. The smallest absolute Gasteiger partial charge is 0.0589 e. The molecule has 0 bridgehead atoms. The van der Waals surface area contributed by atoms with Crippen LogP contribution in [0, 0.1) is 11.3 Å². The molecule has 0 heterocycles. The molecule has 2 N–H and O–H groups in total. The third-order valence-electron chi connectivity index (χ3n) is 4.31. The molecule has 3 nitrogen and oxygen atoms in total. The summed E-state index contributed by atoms with van der Waals surface area (Å²) in [5.74, 6) is 0.899. The number of rotatable bonds is 8. The monoisotopic (exact) mass is 242 g/mol. The van der Waals surface area contributed by atoms with E-state index < -0.39 is 0 Å². The highest BCUT2D eigenvalue weighted by Gasteiger charge is 2.35. The number of nitrogens with two attached hydrogens (primary N) is 1. The van der Waals surface area contributed by atoms with Crippen LogP contribution in [0.15, 0.2) is 0 Å². The molecule has 0 aliphatic heterocycles. The van der Waals surface area contributed by atoms with Gasteiger partial charge in [-0.1, -0.05) is 13.8 Å². The van der Waals surface area contributed by atoms with Gasteiger partial charge in [0.15, 0.2) is 0 Å². The van der Waals surface area contributed by atoms with Gasteiger partial charge in [0, 0.05) is 32.3 Å². The number of ether oxygens (including phenoxy) is 1. The fraction of sp³-hybridized carbons (Fsp3) is 1.00. The van der Waals surface area contributed by atoms with Crippen LogP contribution in [0.5, 0.6) is 0 Å². The standard InChI is InChI=1S/C14H30N2O/c1-11(13-6-7-13)16(8-9-17-5)10-14(3,4)12(2)15/h11-13H,6-10,15H2,1-5H3. The molecule has 1 aliphatic carbocycles. The van der Waals surface area contributed by atoms with Crippen LogP contribution in [0.2, 0.25) is 0 Å². The Kier molecular flexibility index (Phi) is 5.42. The normalized spacial score (nSPS) is 20.6. The summed E-state index contributed by atoms with van der Waals surface area (Å²) in [4.78, 5) is 2.56. The van der Waals surface area contributed by atoms with Crippen molar-refractivity contribution in [1.29, 1.82) is 0 Å². The van der Waals surface area contributed by atoms with Crippen LogP contribution in [-0.4, -0.2) is 43.8 Å². The van der Waals surface area contributed by atoms with Crippen molar-refractivity contribution >= 4 is 0 Å². The Labute approximate surface area is 107 Å². The van der Waals surface area contributed by atoms with Crippen molar-refractivity contribution in [3.8, 4) is 0 Å². The van der Waals surface area contributed by atoms with Gasteiger partial charge in [0.25, 0.3) is 0 Å². The van der Waals surface area contributed by atoms with Gasteiger partial charge in [0.2, 0.25) is 0 Å². The molecular weight excluding hydrogens is 212 g/mol. The summed E-state index contributed by atoms with van der Waals surface area (Å²) in [6, 6.07) is 0.891. The summed E-state index contributed by atoms with van der Waals surface area (Å²) in [6.45, 7) is 11.9. The summed E-state index contributed by atoms with van der Waals surface area (Å²) >= 11 is 0. The second kappa shape index (κ2) is 6.17. The van der Waals surface area contributed by atoms with Crippen LogP contribution in [0.25, 0.3) is 0 Å². The van der Waals surface area contributed by atoms with E-state index in [-0.39, 0.29) is 11.5 Å². The van der Waals surface area contributed by atoms with E-state index in [4.69, 9.17) is 10.5 Å². The molecule has 3 heteroatoms. The summed E-state index contributed by atoms with van der Waals surface area (Å²) in [5, 5.41) is 0. The van der Waals surface area contributed by atoms with Crippen LogP contribution in [0.3, 0.4) is 0 Å². The van der Waals surface area contributed by atoms with Gasteiger partial charge >= 0.3 is 0 Å². The molecule has 0 radical (unpaired) electrons. The molecule has 0 amide bonds. The Balaban J connectivity index is 2.55. The van der Waals surface area contributed by atoms with Gasteiger partial charge in [-0.2, -0.15) is 0 Å². The van der Waals surface area contributed by atoms with E-state index in [0.717, 1.165) is 25.6 Å². The van der Waals surface area contributed by atoms with E-state index in [2.05, 4.69) is 32.6 Å². The van der Waals surface area contributed by atoms with Crippen molar-refractivity contribution in [2.75, 3.05) is 26.8 Å². The maximum atomic E-state index is 6.08. The predicted octanol–water partition coefficient (Wildman–Crippen LogP) is 2.11. The van der Waals surface area contributed by atoms with Crippen molar-refractivity contribution in [2.45, 2.75) is 52.6 Å². The maximum absolute atomic E-state index is 6.08. The van der Waals surface area contributed by atoms with E-state index >= 15 is 0 Å². The van der Waals surface area contributed by atoms with Gasteiger partial charge in [-0.3, -0.25) is 4.90 Å². The van der Waals surface area contributed by atoms with Gasteiger partial charge in [0.1, 0.15) is 0 Å². The minimum absolute atomic E-state index is 0.164. The van der Waals surface area contributed by atoms with Crippen LogP contribution >= 0.6 is 0 Å². The third kappa shape index (κ3) is 4.57. The van der Waals surface area contributed by atoms with E-state index in [1.165, 1.54) is 12.8 Å². The lowest BCUT2D eigenvalue weighted by Gasteiger charge is -2.38. The largest absolute Gasteiger partial charge is 0.383 e. The lowest BCUT2D eigenvalue weighted by Crippen LogP contribution is -2.48. The minimum Gasteiger partial charge on any atom is -0.383 e. The van der Waals surface area contributed by atoms with Gasteiger partial charge < -0.3 is 10.5 Å². The summed E-state index contributed by atoms with van der Waals surface area (Å²) < 4.78 is 5.22. The van der Waals surface area contributed by atoms with E-state index in [1.807, 2.05) is 0 Å². The van der Waals surface area contributed by atoms with Gasteiger partial charge in [-0.25, -0.2) is 0 Å².